The monoisotopic (exact) mass is 427 g/mol. The molecule has 0 aliphatic rings. The lowest BCUT2D eigenvalue weighted by Crippen LogP contribution is -2.33. The maximum Gasteiger partial charge on any atom is 0.305 e. The van der Waals surface area contributed by atoms with Gasteiger partial charge < -0.3 is 24.6 Å². The molecule has 0 spiro atoms. The van der Waals surface area contributed by atoms with E-state index in [1.54, 1.807) is 30.3 Å². The van der Waals surface area contributed by atoms with Gasteiger partial charge in [-0.2, -0.15) is 0 Å². The summed E-state index contributed by atoms with van der Waals surface area (Å²) in [5, 5.41) is 12.5. The van der Waals surface area contributed by atoms with Gasteiger partial charge in [-0.25, -0.2) is 0 Å². The summed E-state index contributed by atoms with van der Waals surface area (Å²) >= 11 is 11.8. The van der Waals surface area contributed by atoms with Crippen molar-refractivity contribution in [2.75, 3.05) is 20.8 Å². The van der Waals surface area contributed by atoms with Crippen molar-refractivity contribution >= 4 is 35.1 Å². The first kappa shape index (κ1) is 21.7. The minimum Gasteiger partial charge on any atom is -0.493 e. The Labute approximate surface area is 172 Å². The largest absolute Gasteiger partial charge is 0.493 e. The van der Waals surface area contributed by atoms with Gasteiger partial charge in [0, 0.05) is 5.02 Å². The maximum atomic E-state index is 12.3. The van der Waals surface area contributed by atoms with Crippen molar-refractivity contribution in [3.05, 3.63) is 52.0 Å². The van der Waals surface area contributed by atoms with Crippen LogP contribution in [-0.2, 0) is 9.59 Å². The van der Waals surface area contributed by atoms with Crippen LogP contribution in [0.4, 0.5) is 0 Å². The van der Waals surface area contributed by atoms with E-state index in [0.717, 1.165) is 0 Å². The number of benzene rings is 2. The summed E-state index contributed by atoms with van der Waals surface area (Å²) in [5.41, 5.74) is 0.554. The van der Waals surface area contributed by atoms with E-state index in [9.17, 15) is 14.7 Å². The van der Waals surface area contributed by atoms with E-state index in [1.165, 1.54) is 20.3 Å². The van der Waals surface area contributed by atoms with Crippen molar-refractivity contribution in [2.24, 2.45) is 0 Å². The highest BCUT2D eigenvalue weighted by atomic mass is 35.5. The number of rotatable bonds is 9. The molecule has 28 heavy (non-hydrogen) atoms. The molecule has 0 saturated carbocycles. The van der Waals surface area contributed by atoms with E-state index in [0.29, 0.717) is 27.8 Å². The van der Waals surface area contributed by atoms with Crippen LogP contribution >= 0.6 is 23.2 Å². The van der Waals surface area contributed by atoms with E-state index in [2.05, 4.69) is 5.32 Å². The van der Waals surface area contributed by atoms with Crippen LogP contribution in [0.25, 0.3) is 0 Å². The molecule has 0 heterocycles. The Hall–Kier alpha value is -2.64. The predicted molar refractivity (Wildman–Crippen MR) is 105 cm³/mol. The number of carboxylic acid groups (broad SMARTS) is 1. The standard InChI is InChI=1S/C19H19Cl2NO6/c1-26-16-5-3-11(7-17(16)27-2)14(9-19(24)25)22-18(23)10-28-15-6-4-12(20)8-13(15)21/h3-8,14H,9-10H2,1-2H3,(H,22,23)(H,24,25)/t14-/m1/s1. The lowest BCUT2D eigenvalue weighted by molar-refractivity contribution is -0.137. The SMILES string of the molecule is COc1ccc([C@@H](CC(=O)O)NC(=O)COc2ccc(Cl)cc2Cl)cc1OC. The Morgan fingerprint density at radius 1 is 1.04 bits per heavy atom. The molecule has 2 N–H and O–H groups in total. The molecule has 0 aliphatic carbocycles. The summed E-state index contributed by atoms with van der Waals surface area (Å²) in [6.07, 6.45) is -0.317. The summed E-state index contributed by atoms with van der Waals surface area (Å²) in [6.45, 7) is -0.342. The van der Waals surface area contributed by atoms with Crippen LogP contribution in [0.3, 0.4) is 0 Å². The van der Waals surface area contributed by atoms with E-state index >= 15 is 0 Å². The highest BCUT2D eigenvalue weighted by Gasteiger charge is 2.20. The Kier molecular flexibility index (Phi) is 7.78. The highest BCUT2D eigenvalue weighted by molar-refractivity contribution is 6.35. The Morgan fingerprint density at radius 3 is 2.32 bits per heavy atom. The molecule has 0 bridgehead atoms. The van der Waals surface area contributed by atoms with Gasteiger partial charge in [0.25, 0.3) is 5.91 Å². The molecule has 0 radical (unpaired) electrons. The molecule has 0 saturated heterocycles. The molecule has 150 valence electrons. The Morgan fingerprint density at radius 2 is 1.71 bits per heavy atom. The number of carbonyl (C=O) groups is 2. The molecule has 0 unspecified atom stereocenters. The van der Waals surface area contributed by atoms with Crippen molar-refractivity contribution in [3.63, 3.8) is 0 Å². The zero-order chi connectivity index (χ0) is 20.7. The average molecular weight is 428 g/mol. The Balaban J connectivity index is 2.10. The second kappa shape index (κ2) is 10.1. The van der Waals surface area contributed by atoms with Crippen LogP contribution in [0.15, 0.2) is 36.4 Å². The molecule has 2 aromatic carbocycles. The minimum atomic E-state index is -1.07. The van der Waals surface area contributed by atoms with Gasteiger partial charge in [-0.05, 0) is 35.9 Å². The van der Waals surface area contributed by atoms with Crippen LogP contribution in [-0.4, -0.2) is 37.8 Å². The van der Waals surface area contributed by atoms with E-state index in [-0.39, 0.29) is 18.1 Å². The fourth-order valence-electron chi connectivity index (χ4n) is 2.47. The number of nitrogens with one attached hydrogen (secondary N) is 1. The van der Waals surface area contributed by atoms with E-state index in [1.807, 2.05) is 0 Å². The van der Waals surface area contributed by atoms with Gasteiger partial charge in [0.1, 0.15) is 5.75 Å². The first-order chi connectivity index (χ1) is 13.3. The summed E-state index contributed by atoms with van der Waals surface area (Å²) < 4.78 is 15.8. The molecule has 7 nitrogen and oxygen atoms in total. The molecular weight excluding hydrogens is 409 g/mol. The van der Waals surface area contributed by atoms with Gasteiger partial charge in [-0.15, -0.1) is 0 Å². The number of hydrogen-bond acceptors (Lipinski definition) is 5. The fourth-order valence-corrected chi connectivity index (χ4v) is 2.93. The van der Waals surface area contributed by atoms with Gasteiger partial charge in [0.05, 0.1) is 31.7 Å². The predicted octanol–water partition coefficient (Wildman–Crippen LogP) is 3.72. The quantitative estimate of drug-likeness (QED) is 0.633. The number of carbonyl (C=O) groups excluding carboxylic acids is 1. The molecule has 0 fully saturated rings. The number of aliphatic carboxylic acids is 1. The van der Waals surface area contributed by atoms with Gasteiger partial charge in [0.15, 0.2) is 18.1 Å². The molecule has 0 aromatic heterocycles. The molecule has 0 aliphatic heterocycles. The molecule has 9 heteroatoms. The van der Waals surface area contributed by atoms with Crippen molar-refractivity contribution in [3.8, 4) is 17.2 Å². The lowest BCUT2D eigenvalue weighted by atomic mass is 10.0. The highest BCUT2D eigenvalue weighted by Crippen LogP contribution is 2.31. The van der Waals surface area contributed by atoms with Gasteiger partial charge >= 0.3 is 5.97 Å². The third-order valence-corrected chi connectivity index (χ3v) is 4.31. The first-order valence-electron chi connectivity index (χ1n) is 8.15. The third-order valence-electron chi connectivity index (χ3n) is 3.78. The fraction of sp³-hybridized carbons (Fsp3) is 0.263. The van der Waals surface area contributed by atoms with Crippen molar-refractivity contribution < 1.29 is 28.9 Å². The number of carboxylic acids is 1. The summed E-state index contributed by atoms with van der Waals surface area (Å²) in [6, 6.07) is 8.75. The van der Waals surface area contributed by atoms with Crippen LogP contribution in [0.1, 0.15) is 18.0 Å². The number of amides is 1. The summed E-state index contributed by atoms with van der Waals surface area (Å²) in [5.74, 6) is -0.364. The number of halogens is 2. The maximum absolute atomic E-state index is 12.3. The second-order valence-electron chi connectivity index (χ2n) is 5.70. The number of methoxy groups -OCH3 is 2. The zero-order valence-electron chi connectivity index (χ0n) is 15.2. The lowest BCUT2D eigenvalue weighted by Gasteiger charge is -2.19. The van der Waals surface area contributed by atoms with Crippen molar-refractivity contribution in [1.82, 2.24) is 5.32 Å². The van der Waals surface area contributed by atoms with Crippen molar-refractivity contribution in [2.45, 2.75) is 12.5 Å². The molecule has 2 rings (SSSR count). The molecule has 1 amide bonds. The normalized spacial score (nSPS) is 11.4. The zero-order valence-corrected chi connectivity index (χ0v) is 16.7. The number of hydrogen-bond donors (Lipinski definition) is 2. The summed E-state index contributed by atoms with van der Waals surface area (Å²) in [7, 11) is 2.96. The Bertz CT molecular complexity index is 858. The van der Waals surface area contributed by atoms with Crippen LogP contribution in [0.5, 0.6) is 17.2 Å². The van der Waals surface area contributed by atoms with E-state index < -0.39 is 17.9 Å². The van der Waals surface area contributed by atoms with Gasteiger partial charge in [-0.1, -0.05) is 29.3 Å². The molecule has 2 aromatic rings. The van der Waals surface area contributed by atoms with Crippen molar-refractivity contribution in [1.29, 1.82) is 0 Å². The third kappa shape index (κ3) is 5.94. The topological polar surface area (TPSA) is 94.1 Å². The average Bonchev–Trinajstić information content (AvgIpc) is 2.65. The van der Waals surface area contributed by atoms with Gasteiger partial charge in [-0.3, -0.25) is 9.59 Å². The van der Waals surface area contributed by atoms with Crippen LogP contribution < -0.4 is 19.5 Å². The molecule has 1 atom stereocenters. The smallest absolute Gasteiger partial charge is 0.305 e. The van der Waals surface area contributed by atoms with Crippen LogP contribution in [0.2, 0.25) is 10.0 Å². The number of ether oxygens (including phenoxy) is 3. The second-order valence-corrected chi connectivity index (χ2v) is 6.54. The van der Waals surface area contributed by atoms with Gasteiger partial charge in [0.2, 0.25) is 0 Å². The molecular formula is C19H19Cl2NO6. The van der Waals surface area contributed by atoms with E-state index in [4.69, 9.17) is 37.4 Å². The summed E-state index contributed by atoms with van der Waals surface area (Å²) in [4.78, 5) is 23.5. The minimum absolute atomic E-state index is 0.266. The first-order valence-corrected chi connectivity index (χ1v) is 8.90. The van der Waals surface area contributed by atoms with Crippen LogP contribution in [0, 0.1) is 0 Å².